The number of nitrogens with zero attached hydrogens (tertiary/aromatic N) is 3. The van der Waals surface area contributed by atoms with Gasteiger partial charge in [-0.05, 0) is 25.1 Å². The maximum Gasteiger partial charge on any atom is 0.261 e. The minimum atomic E-state index is -0.0871. The fraction of sp³-hybridized carbons (Fsp3) is 0.438. The Labute approximate surface area is 140 Å². The molecule has 1 aromatic carbocycles. The Balaban J connectivity index is 0.00000192. The molecule has 0 radical (unpaired) electrons. The summed E-state index contributed by atoms with van der Waals surface area (Å²) < 4.78 is 1.52. The third kappa shape index (κ3) is 4.09. The van der Waals surface area contributed by atoms with Crippen LogP contribution < -0.4 is 10.9 Å². The number of carbonyl (C=O) groups excluding carboxylic acids is 1. The second-order valence-corrected chi connectivity index (χ2v) is 5.49. The fourth-order valence-corrected chi connectivity index (χ4v) is 2.73. The summed E-state index contributed by atoms with van der Waals surface area (Å²) in [6, 6.07) is 7.26. The van der Waals surface area contributed by atoms with Crippen molar-refractivity contribution >= 4 is 29.2 Å². The third-order valence-electron chi connectivity index (χ3n) is 3.99. The molecule has 0 atom stereocenters. The van der Waals surface area contributed by atoms with Gasteiger partial charge in [-0.3, -0.25) is 14.2 Å². The first-order chi connectivity index (χ1) is 10.8. The molecule has 124 valence electrons. The second-order valence-electron chi connectivity index (χ2n) is 5.49. The van der Waals surface area contributed by atoms with Gasteiger partial charge in [0, 0.05) is 32.6 Å². The summed E-state index contributed by atoms with van der Waals surface area (Å²) in [5.74, 6) is 0.101. The van der Waals surface area contributed by atoms with E-state index in [-0.39, 0.29) is 23.9 Å². The van der Waals surface area contributed by atoms with Crippen LogP contribution in [-0.4, -0.2) is 46.5 Å². The summed E-state index contributed by atoms with van der Waals surface area (Å²) in [5, 5.41) is 3.87. The average molecular weight is 337 g/mol. The van der Waals surface area contributed by atoms with Crippen molar-refractivity contribution in [2.24, 2.45) is 0 Å². The highest BCUT2D eigenvalue weighted by atomic mass is 35.5. The molecule has 23 heavy (non-hydrogen) atoms. The number of benzene rings is 1. The van der Waals surface area contributed by atoms with Crippen LogP contribution in [0.1, 0.15) is 12.8 Å². The molecule has 0 unspecified atom stereocenters. The lowest BCUT2D eigenvalue weighted by atomic mass is 10.2. The molecule has 0 aliphatic carbocycles. The van der Waals surface area contributed by atoms with Gasteiger partial charge < -0.3 is 10.2 Å². The molecule has 1 saturated heterocycles. The summed E-state index contributed by atoms with van der Waals surface area (Å²) in [4.78, 5) is 30.8. The van der Waals surface area contributed by atoms with E-state index in [1.807, 2.05) is 23.1 Å². The van der Waals surface area contributed by atoms with Crippen LogP contribution >= 0.6 is 12.4 Å². The van der Waals surface area contributed by atoms with Crippen LogP contribution in [-0.2, 0) is 11.3 Å². The number of para-hydroxylation sites is 1. The normalized spacial score (nSPS) is 15.0. The van der Waals surface area contributed by atoms with Gasteiger partial charge in [-0.2, -0.15) is 0 Å². The minimum absolute atomic E-state index is 0. The Morgan fingerprint density at radius 3 is 2.91 bits per heavy atom. The van der Waals surface area contributed by atoms with Gasteiger partial charge in [0.25, 0.3) is 5.56 Å². The minimum Gasteiger partial charge on any atom is -0.341 e. The quantitative estimate of drug-likeness (QED) is 0.909. The molecule has 6 nitrogen and oxygen atoms in total. The number of fused-ring (bicyclic) bond motifs is 1. The first-order valence-electron chi connectivity index (χ1n) is 7.68. The predicted octanol–water partition coefficient (Wildman–Crippen LogP) is 1.03. The van der Waals surface area contributed by atoms with E-state index in [0.717, 1.165) is 32.6 Å². The van der Waals surface area contributed by atoms with Crippen molar-refractivity contribution in [2.75, 3.05) is 26.2 Å². The van der Waals surface area contributed by atoms with Gasteiger partial charge in [-0.1, -0.05) is 12.1 Å². The van der Waals surface area contributed by atoms with Gasteiger partial charge in [0.05, 0.1) is 17.2 Å². The molecule has 0 bridgehead atoms. The standard InChI is InChI=1S/C16H20N4O2.ClH/c21-15(19-9-3-7-17-8-11-19)6-10-20-12-18-14-5-2-1-4-13(14)16(20)22;/h1-2,4-5,12,17H,3,6-11H2;1H. The van der Waals surface area contributed by atoms with Crippen molar-refractivity contribution < 1.29 is 4.79 Å². The van der Waals surface area contributed by atoms with Crippen molar-refractivity contribution in [3.8, 4) is 0 Å². The van der Waals surface area contributed by atoms with E-state index in [0.29, 0.717) is 23.9 Å². The Morgan fingerprint density at radius 1 is 1.22 bits per heavy atom. The highest BCUT2D eigenvalue weighted by Crippen LogP contribution is 2.05. The highest BCUT2D eigenvalue weighted by molar-refractivity contribution is 5.85. The molecule has 1 aromatic heterocycles. The molecule has 2 aromatic rings. The molecule has 3 rings (SSSR count). The van der Waals surface area contributed by atoms with E-state index < -0.39 is 0 Å². The van der Waals surface area contributed by atoms with Gasteiger partial charge in [-0.15, -0.1) is 12.4 Å². The topological polar surface area (TPSA) is 67.2 Å². The fourth-order valence-electron chi connectivity index (χ4n) is 2.73. The lowest BCUT2D eigenvalue weighted by Gasteiger charge is -2.20. The van der Waals surface area contributed by atoms with E-state index in [4.69, 9.17) is 0 Å². The summed E-state index contributed by atoms with van der Waals surface area (Å²) >= 11 is 0. The van der Waals surface area contributed by atoms with E-state index in [1.165, 1.54) is 10.9 Å². The smallest absolute Gasteiger partial charge is 0.261 e. The number of halogens is 1. The second kappa shape index (κ2) is 8.08. The number of amides is 1. The number of hydrogen-bond acceptors (Lipinski definition) is 4. The van der Waals surface area contributed by atoms with Crippen LogP contribution in [0.4, 0.5) is 0 Å². The van der Waals surface area contributed by atoms with Crippen molar-refractivity contribution in [2.45, 2.75) is 19.4 Å². The van der Waals surface area contributed by atoms with Crippen molar-refractivity contribution in [3.05, 3.63) is 40.9 Å². The van der Waals surface area contributed by atoms with Crippen LogP contribution in [0, 0.1) is 0 Å². The summed E-state index contributed by atoms with van der Waals surface area (Å²) in [5.41, 5.74) is 0.601. The van der Waals surface area contributed by atoms with Crippen molar-refractivity contribution in [3.63, 3.8) is 0 Å². The zero-order valence-electron chi connectivity index (χ0n) is 12.9. The molecule has 0 saturated carbocycles. The van der Waals surface area contributed by atoms with Crippen molar-refractivity contribution in [1.29, 1.82) is 0 Å². The predicted molar refractivity (Wildman–Crippen MR) is 91.9 cm³/mol. The number of rotatable bonds is 3. The maximum absolute atomic E-state index is 12.4. The molecule has 1 aliphatic heterocycles. The van der Waals surface area contributed by atoms with Crippen LogP contribution in [0.25, 0.3) is 10.9 Å². The Morgan fingerprint density at radius 2 is 2.04 bits per heavy atom. The van der Waals surface area contributed by atoms with Crippen molar-refractivity contribution in [1.82, 2.24) is 19.8 Å². The van der Waals surface area contributed by atoms with Gasteiger partial charge in [0.15, 0.2) is 0 Å². The van der Waals surface area contributed by atoms with Gasteiger partial charge in [0.1, 0.15) is 0 Å². The Kier molecular flexibility index (Phi) is 6.12. The first kappa shape index (κ1) is 17.4. The number of hydrogen-bond donors (Lipinski definition) is 1. The molecule has 1 N–H and O–H groups in total. The lowest BCUT2D eigenvalue weighted by molar-refractivity contribution is -0.131. The Hall–Kier alpha value is -1.92. The summed E-state index contributed by atoms with van der Waals surface area (Å²) in [6.45, 7) is 3.70. The van der Waals surface area contributed by atoms with E-state index >= 15 is 0 Å². The van der Waals surface area contributed by atoms with E-state index in [9.17, 15) is 9.59 Å². The third-order valence-corrected chi connectivity index (χ3v) is 3.99. The van der Waals surface area contributed by atoms with Gasteiger partial charge >= 0.3 is 0 Å². The largest absolute Gasteiger partial charge is 0.341 e. The molecule has 7 heteroatoms. The number of nitrogens with one attached hydrogen (secondary N) is 1. The van der Waals surface area contributed by atoms with Gasteiger partial charge in [-0.25, -0.2) is 4.98 Å². The number of aromatic nitrogens is 2. The molecular formula is C16H21ClN4O2. The molecule has 0 spiro atoms. The molecule has 1 amide bonds. The van der Waals surface area contributed by atoms with Crippen LogP contribution in [0.2, 0.25) is 0 Å². The van der Waals surface area contributed by atoms with E-state index in [2.05, 4.69) is 10.3 Å². The zero-order chi connectivity index (χ0) is 15.4. The first-order valence-corrected chi connectivity index (χ1v) is 7.68. The van der Waals surface area contributed by atoms with Crippen LogP contribution in [0.3, 0.4) is 0 Å². The number of carbonyl (C=O) groups is 1. The number of aryl methyl sites for hydroxylation is 1. The maximum atomic E-state index is 12.4. The monoisotopic (exact) mass is 336 g/mol. The average Bonchev–Trinajstić information content (AvgIpc) is 2.83. The molecule has 1 aliphatic rings. The lowest BCUT2D eigenvalue weighted by Crippen LogP contribution is -2.35. The highest BCUT2D eigenvalue weighted by Gasteiger charge is 2.15. The van der Waals surface area contributed by atoms with Crippen LogP contribution in [0.5, 0.6) is 0 Å². The summed E-state index contributed by atoms with van der Waals surface area (Å²) in [7, 11) is 0. The zero-order valence-corrected chi connectivity index (χ0v) is 13.7. The van der Waals surface area contributed by atoms with Crippen LogP contribution in [0.15, 0.2) is 35.4 Å². The molecule has 1 fully saturated rings. The molecular weight excluding hydrogens is 316 g/mol. The Bertz CT molecular complexity index is 723. The summed E-state index contributed by atoms with van der Waals surface area (Å²) in [6.07, 6.45) is 2.84. The SMILES string of the molecule is Cl.O=C(CCn1cnc2ccccc2c1=O)N1CCCNCC1. The van der Waals surface area contributed by atoms with E-state index in [1.54, 1.807) is 6.07 Å². The van der Waals surface area contributed by atoms with Gasteiger partial charge in [0.2, 0.25) is 5.91 Å². The molecule has 2 heterocycles.